The quantitative estimate of drug-likeness (QED) is 0.835. The van der Waals surface area contributed by atoms with Crippen molar-refractivity contribution >= 4 is 15.9 Å². The molecule has 2 aliphatic rings. The van der Waals surface area contributed by atoms with Gasteiger partial charge in [0.1, 0.15) is 12.4 Å². The normalized spacial score (nSPS) is 27.5. The molecule has 2 heterocycles. The van der Waals surface area contributed by atoms with Crippen LogP contribution in [0.5, 0.6) is 5.75 Å². The van der Waals surface area contributed by atoms with Gasteiger partial charge in [-0.25, -0.2) is 0 Å². The van der Waals surface area contributed by atoms with Crippen LogP contribution in [0.2, 0.25) is 0 Å². The molecule has 3 rings (SSSR count). The average molecular weight is 341 g/mol. The SMILES string of the molecule is CN1CCO[C@@H]2CN(CCOc3ccccc3Br)C[C@H]21. The highest BCUT2D eigenvalue weighted by atomic mass is 79.9. The van der Waals surface area contributed by atoms with Crippen LogP contribution in [0.25, 0.3) is 0 Å². The molecule has 0 bridgehead atoms. The summed E-state index contributed by atoms with van der Waals surface area (Å²) in [6.45, 7) is 5.67. The van der Waals surface area contributed by atoms with E-state index in [2.05, 4.69) is 32.8 Å². The lowest BCUT2D eigenvalue weighted by atomic mass is 10.1. The minimum absolute atomic E-state index is 0.372. The fourth-order valence-electron chi connectivity index (χ4n) is 2.96. The third-order valence-electron chi connectivity index (χ3n) is 4.16. The first-order valence-electron chi connectivity index (χ1n) is 7.15. The summed E-state index contributed by atoms with van der Waals surface area (Å²) in [5.74, 6) is 0.914. The summed E-state index contributed by atoms with van der Waals surface area (Å²) in [5.41, 5.74) is 0. The summed E-state index contributed by atoms with van der Waals surface area (Å²) in [4.78, 5) is 4.86. The van der Waals surface area contributed by atoms with Gasteiger partial charge in [-0.2, -0.15) is 0 Å². The molecule has 0 amide bonds. The summed E-state index contributed by atoms with van der Waals surface area (Å²) in [5, 5.41) is 0. The van der Waals surface area contributed by atoms with Gasteiger partial charge >= 0.3 is 0 Å². The smallest absolute Gasteiger partial charge is 0.133 e. The maximum atomic E-state index is 5.85. The van der Waals surface area contributed by atoms with E-state index >= 15 is 0 Å². The van der Waals surface area contributed by atoms with Crippen LogP contribution in [-0.2, 0) is 4.74 Å². The number of fused-ring (bicyclic) bond motifs is 1. The Morgan fingerprint density at radius 3 is 3.00 bits per heavy atom. The first kappa shape index (κ1) is 14.3. The first-order valence-corrected chi connectivity index (χ1v) is 7.95. The zero-order chi connectivity index (χ0) is 13.9. The van der Waals surface area contributed by atoms with Crippen molar-refractivity contribution in [2.75, 3.05) is 46.4 Å². The second-order valence-corrected chi connectivity index (χ2v) is 6.35. The van der Waals surface area contributed by atoms with Crippen molar-refractivity contribution in [1.82, 2.24) is 9.80 Å². The molecule has 2 atom stereocenters. The lowest BCUT2D eigenvalue weighted by Gasteiger charge is -2.33. The van der Waals surface area contributed by atoms with Gasteiger partial charge in [-0.1, -0.05) is 12.1 Å². The van der Waals surface area contributed by atoms with E-state index in [1.54, 1.807) is 0 Å². The Morgan fingerprint density at radius 2 is 2.20 bits per heavy atom. The highest BCUT2D eigenvalue weighted by Gasteiger charge is 2.38. The van der Waals surface area contributed by atoms with Gasteiger partial charge in [-0.3, -0.25) is 9.80 Å². The summed E-state index contributed by atoms with van der Waals surface area (Å²) in [6, 6.07) is 8.53. The molecule has 0 aliphatic carbocycles. The maximum Gasteiger partial charge on any atom is 0.133 e. The molecule has 0 spiro atoms. The fraction of sp³-hybridized carbons (Fsp3) is 0.600. The number of nitrogens with zero attached hydrogens (tertiary/aromatic N) is 2. The third-order valence-corrected chi connectivity index (χ3v) is 4.81. The first-order chi connectivity index (χ1) is 9.74. The average Bonchev–Trinajstić information content (AvgIpc) is 2.85. The van der Waals surface area contributed by atoms with Gasteiger partial charge in [-0.05, 0) is 35.1 Å². The lowest BCUT2D eigenvalue weighted by Crippen LogP contribution is -2.48. The minimum atomic E-state index is 0.372. The molecule has 4 nitrogen and oxygen atoms in total. The minimum Gasteiger partial charge on any atom is -0.491 e. The number of morpholine rings is 1. The predicted molar refractivity (Wildman–Crippen MR) is 82.2 cm³/mol. The summed E-state index contributed by atoms with van der Waals surface area (Å²) < 4.78 is 12.7. The third kappa shape index (κ3) is 3.17. The zero-order valence-electron chi connectivity index (χ0n) is 11.8. The highest BCUT2D eigenvalue weighted by Crippen LogP contribution is 2.24. The Balaban J connectivity index is 1.47. The number of ether oxygens (including phenoxy) is 2. The van der Waals surface area contributed by atoms with Gasteiger partial charge in [0, 0.05) is 32.2 Å². The Hall–Kier alpha value is -0.620. The molecule has 2 fully saturated rings. The molecule has 0 radical (unpaired) electrons. The standard InChI is InChI=1S/C15H21BrN2O2/c1-17-6-8-20-15-11-18(10-13(15)17)7-9-19-14-5-3-2-4-12(14)16/h2-5,13,15H,6-11H2,1H3/t13-,15-/m1/s1. The van der Waals surface area contributed by atoms with Gasteiger partial charge in [0.05, 0.1) is 17.2 Å². The number of rotatable bonds is 4. The van der Waals surface area contributed by atoms with E-state index in [1.165, 1.54) is 0 Å². The van der Waals surface area contributed by atoms with E-state index in [1.807, 2.05) is 24.3 Å². The largest absolute Gasteiger partial charge is 0.491 e. The van der Waals surface area contributed by atoms with Gasteiger partial charge in [-0.15, -0.1) is 0 Å². The number of halogens is 1. The van der Waals surface area contributed by atoms with Crippen LogP contribution >= 0.6 is 15.9 Å². The van der Waals surface area contributed by atoms with E-state index in [0.29, 0.717) is 18.8 Å². The van der Waals surface area contributed by atoms with E-state index in [9.17, 15) is 0 Å². The van der Waals surface area contributed by atoms with Crippen LogP contribution < -0.4 is 4.74 Å². The maximum absolute atomic E-state index is 5.85. The molecule has 0 aromatic heterocycles. The molecule has 5 heteroatoms. The number of likely N-dealkylation sites (tertiary alicyclic amines) is 1. The van der Waals surface area contributed by atoms with Crippen molar-refractivity contribution in [1.29, 1.82) is 0 Å². The van der Waals surface area contributed by atoms with Crippen LogP contribution in [-0.4, -0.2) is 68.4 Å². The molecular formula is C15H21BrN2O2. The van der Waals surface area contributed by atoms with Crippen molar-refractivity contribution in [3.8, 4) is 5.75 Å². The molecule has 20 heavy (non-hydrogen) atoms. The molecule has 110 valence electrons. The van der Waals surface area contributed by atoms with Gasteiger partial charge in [0.25, 0.3) is 0 Å². The van der Waals surface area contributed by atoms with Gasteiger partial charge in [0.2, 0.25) is 0 Å². The van der Waals surface area contributed by atoms with Crippen LogP contribution in [0.3, 0.4) is 0 Å². The number of hydrogen-bond donors (Lipinski definition) is 0. The molecular weight excluding hydrogens is 320 g/mol. The number of para-hydroxylation sites is 1. The Labute approximate surface area is 128 Å². The number of likely N-dealkylation sites (N-methyl/N-ethyl adjacent to an activating group) is 1. The molecule has 0 saturated carbocycles. The summed E-state index contributed by atoms with van der Waals surface area (Å²) >= 11 is 3.50. The van der Waals surface area contributed by atoms with Crippen LogP contribution in [0.4, 0.5) is 0 Å². The topological polar surface area (TPSA) is 24.9 Å². The molecule has 2 saturated heterocycles. The highest BCUT2D eigenvalue weighted by molar-refractivity contribution is 9.10. The molecule has 2 aliphatic heterocycles. The Morgan fingerprint density at radius 1 is 1.35 bits per heavy atom. The second kappa shape index (κ2) is 6.43. The second-order valence-electron chi connectivity index (χ2n) is 5.50. The number of hydrogen-bond acceptors (Lipinski definition) is 4. The predicted octanol–water partition coefficient (Wildman–Crippen LogP) is 1.84. The molecule has 1 aromatic rings. The summed E-state index contributed by atoms with van der Waals surface area (Å²) in [7, 11) is 2.20. The molecule has 0 unspecified atom stereocenters. The van der Waals surface area contributed by atoms with E-state index in [4.69, 9.17) is 9.47 Å². The Bertz CT molecular complexity index is 457. The van der Waals surface area contributed by atoms with Crippen LogP contribution in [0, 0.1) is 0 Å². The van der Waals surface area contributed by atoms with Crippen molar-refractivity contribution in [2.45, 2.75) is 12.1 Å². The zero-order valence-corrected chi connectivity index (χ0v) is 13.4. The van der Waals surface area contributed by atoms with E-state index < -0.39 is 0 Å². The van der Waals surface area contributed by atoms with Crippen molar-refractivity contribution < 1.29 is 9.47 Å². The lowest BCUT2D eigenvalue weighted by molar-refractivity contribution is -0.0370. The molecule has 0 N–H and O–H groups in total. The number of benzene rings is 1. The van der Waals surface area contributed by atoms with Gasteiger partial charge in [0.15, 0.2) is 0 Å². The van der Waals surface area contributed by atoms with Gasteiger partial charge < -0.3 is 9.47 Å². The van der Waals surface area contributed by atoms with Crippen LogP contribution in [0.15, 0.2) is 28.7 Å². The summed E-state index contributed by atoms with van der Waals surface area (Å²) in [6.07, 6.45) is 0.372. The van der Waals surface area contributed by atoms with E-state index in [-0.39, 0.29) is 0 Å². The van der Waals surface area contributed by atoms with Crippen molar-refractivity contribution in [2.24, 2.45) is 0 Å². The van der Waals surface area contributed by atoms with Crippen molar-refractivity contribution in [3.63, 3.8) is 0 Å². The molecule has 1 aromatic carbocycles. The monoisotopic (exact) mass is 340 g/mol. The van der Waals surface area contributed by atoms with E-state index in [0.717, 1.165) is 43.0 Å². The van der Waals surface area contributed by atoms with Crippen LogP contribution in [0.1, 0.15) is 0 Å². The van der Waals surface area contributed by atoms with Crippen molar-refractivity contribution in [3.05, 3.63) is 28.7 Å². The fourth-order valence-corrected chi connectivity index (χ4v) is 3.36. The Kier molecular flexibility index (Phi) is 4.61.